The molecule has 0 atom stereocenters. The van der Waals surface area contributed by atoms with Gasteiger partial charge < -0.3 is 5.11 Å². The molecular weight excluding hydrogens is 261 g/mol. The maximum atomic E-state index is 13.3. The first-order valence-corrected chi connectivity index (χ1v) is 5.55. The normalized spacial score (nSPS) is 10.6. The predicted molar refractivity (Wildman–Crippen MR) is 62.7 cm³/mol. The highest BCUT2D eigenvalue weighted by atomic mass is 35.5. The smallest absolute Gasteiger partial charge is 0.358 e. The van der Waals surface area contributed by atoms with Crippen LogP contribution < -0.4 is 0 Å². The Morgan fingerprint density at radius 2 is 2.22 bits per heavy atom. The van der Waals surface area contributed by atoms with Crippen molar-refractivity contribution in [3.8, 4) is 5.69 Å². The Balaban J connectivity index is 2.60. The number of carboxylic acid groups (broad SMARTS) is 1. The number of aromatic nitrogens is 3. The van der Waals surface area contributed by atoms with Gasteiger partial charge in [0, 0.05) is 5.02 Å². The monoisotopic (exact) mass is 269 g/mol. The molecule has 0 aliphatic heterocycles. The predicted octanol–water partition coefficient (Wildman–Crippen LogP) is 2.32. The number of carbonyl (C=O) groups is 1. The summed E-state index contributed by atoms with van der Waals surface area (Å²) in [7, 11) is 0. The highest BCUT2D eigenvalue weighted by molar-refractivity contribution is 6.30. The second kappa shape index (κ2) is 4.73. The van der Waals surface area contributed by atoms with Gasteiger partial charge in [-0.2, -0.15) is 0 Å². The molecule has 0 amide bonds. The van der Waals surface area contributed by atoms with Gasteiger partial charge in [-0.25, -0.2) is 13.9 Å². The van der Waals surface area contributed by atoms with E-state index in [0.717, 1.165) is 6.07 Å². The van der Waals surface area contributed by atoms with E-state index in [4.69, 9.17) is 16.7 Å². The molecule has 94 valence electrons. The molecule has 2 aromatic rings. The van der Waals surface area contributed by atoms with Crippen LogP contribution in [0, 0.1) is 5.82 Å². The van der Waals surface area contributed by atoms with Gasteiger partial charge in [0.25, 0.3) is 0 Å². The van der Waals surface area contributed by atoms with E-state index in [1.54, 1.807) is 6.92 Å². The van der Waals surface area contributed by atoms with Gasteiger partial charge in [-0.05, 0) is 24.6 Å². The first-order valence-electron chi connectivity index (χ1n) is 5.17. The van der Waals surface area contributed by atoms with Gasteiger partial charge in [-0.15, -0.1) is 5.10 Å². The first kappa shape index (κ1) is 12.5. The average Bonchev–Trinajstić information content (AvgIpc) is 2.70. The summed E-state index contributed by atoms with van der Waals surface area (Å²) in [5.41, 5.74) is 0.596. The number of rotatable bonds is 3. The Bertz CT molecular complexity index is 592. The number of carboxylic acids is 1. The van der Waals surface area contributed by atoms with Crippen molar-refractivity contribution in [3.63, 3.8) is 0 Å². The van der Waals surface area contributed by atoms with E-state index < -0.39 is 11.8 Å². The minimum atomic E-state index is -1.17. The zero-order valence-corrected chi connectivity index (χ0v) is 10.1. The molecule has 0 bridgehead atoms. The topological polar surface area (TPSA) is 68.0 Å². The van der Waals surface area contributed by atoms with Gasteiger partial charge in [-0.1, -0.05) is 23.7 Å². The number of hydrogen-bond donors (Lipinski definition) is 1. The molecule has 0 aliphatic rings. The molecule has 0 unspecified atom stereocenters. The van der Waals surface area contributed by atoms with E-state index in [-0.39, 0.29) is 10.7 Å². The van der Waals surface area contributed by atoms with E-state index in [1.165, 1.54) is 16.8 Å². The van der Waals surface area contributed by atoms with Crippen LogP contribution in [0.25, 0.3) is 5.69 Å². The van der Waals surface area contributed by atoms with Gasteiger partial charge in [0.15, 0.2) is 5.69 Å². The summed E-state index contributed by atoms with van der Waals surface area (Å²) < 4.78 is 14.5. The Labute approximate surface area is 107 Å². The molecular formula is C11H9ClFN3O2. The van der Waals surface area contributed by atoms with Crippen molar-refractivity contribution < 1.29 is 14.3 Å². The van der Waals surface area contributed by atoms with Crippen LogP contribution in [-0.2, 0) is 6.42 Å². The fourth-order valence-corrected chi connectivity index (χ4v) is 1.87. The lowest BCUT2D eigenvalue weighted by Crippen LogP contribution is -2.06. The summed E-state index contributed by atoms with van der Waals surface area (Å²) in [5, 5.41) is 16.4. The van der Waals surface area contributed by atoms with E-state index in [9.17, 15) is 9.18 Å². The van der Waals surface area contributed by atoms with Gasteiger partial charge in [0.2, 0.25) is 0 Å². The number of benzene rings is 1. The molecule has 5 nitrogen and oxygen atoms in total. The fraction of sp³-hybridized carbons (Fsp3) is 0.182. The lowest BCUT2D eigenvalue weighted by molar-refractivity contribution is 0.0689. The number of nitrogens with zero attached hydrogens (tertiary/aromatic N) is 3. The third-order valence-electron chi connectivity index (χ3n) is 2.39. The molecule has 1 N–H and O–H groups in total. The summed E-state index contributed by atoms with van der Waals surface area (Å²) in [6, 6.07) is 3.86. The van der Waals surface area contributed by atoms with Crippen LogP contribution in [0.3, 0.4) is 0 Å². The molecule has 7 heteroatoms. The molecule has 0 fully saturated rings. The number of halogens is 2. The number of hydrogen-bond acceptors (Lipinski definition) is 3. The zero-order valence-electron chi connectivity index (χ0n) is 9.39. The Morgan fingerprint density at radius 3 is 2.78 bits per heavy atom. The maximum absolute atomic E-state index is 13.3. The Morgan fingerprint density at radius 1 is 1.50 bits per heavy atom. The van der Waals surface area contributed by atoms with Crippen LogP contribution in [0.1, 0.15) is 23.1 Å². The summed E-state index contributed by atoms with van der Waals surface area (Å²) in [4.78, 5) is 10.9. The molecule has 1 aromatic heterocycles. The molecule has 2 rings (SSSR count). The van der Waals surface area contributed by atoms with Crippen LogP contribution >= 0.6 is 11.6 Å². The molecule has 0 aliphatic carbocycles. The molecule has 1 aromatic carbocycles. The van der Waals surface area contributed by atoms with Crippen molar-refractivity contribution in [3.05, 3.63) is 40.4 Å². The summed E-state index contributed by atoms with van der Waals surface area (Å²) in [5.74, 6) is -1.69. The Kier molecular flexibility index (Phi) is 3.29. The zero-order chi connectivity index (χ0) is 13.3. The third kappa shape index (κ3) is 2.19. The van der Waals surface area contributed by atoms with E-state index in [1.807, 2.05) is 0 Å². The molecule has 0 saturated carbocycles. The van der Waals surface area contributed by atoms with Crippen LogP contribution in [0.2, 0.25) is 5.02 Å². The fourth-order valence-electron chi connectivity index (χ4n) is 1.65. The molecule has 1 heterocycles. The standard InChI is InChI=1S/C11H9ClFN3O2/c1-2-9-10(11(17)18)14-15-16(9)8-4-6(12)3-7(13)5-8/h3-5H,2H2,1H3,(H,17,18). The van der Waals surface area contributed by atoms with E-state index in [2.05, 4.69) is 10.3 Å². The van der Waals surface area contributed by atoms with Crippen molar-refractivity contribution in [1.29, 1.82) is 0 Å². The maximum Gasteiger partial charge on any atom is 0.358 e. The minimum Gasteiger partial charge on any atom is -0.476 e. The Hall–Kier alpha value is -1.95. The van der Waals surface area contributed by atoms with Gasteiger partial charge in [0.05, 0.1) is 11.4 Å². The lowest BCUT2D eigenvalue weighted by atomic mass is 10.2. The van der Waals surface area contributed by atoms with Gasteiger partial charge in [-0.3, -0.25) is 0 Å². The molecule has 0 radical (unpaired) electrons. The number of aromatic carboxylic acids is 1. The highest BCUT2D eigenvalue weighted by Crippen LogP contribution is 2.19. The quantitative estimate of drug-likeness (QED) is 0.928. The van der Waals surface area contributed by atoms with Crippen molar-refractivity contribution >= 4 is 17.6 Å². The van der Waals surface area contributed by atoms with Crippen molar-refractivity contribution in [2.75, 3.05) is 0 Å². The van der Waals surface area contributed by atoms with Crippen molar-refractivity contribution in [2.24, 2.45) is 0 Å². The third-order valence-corrected chi connectivity index (χ3v) is 2.61. The summed E-state index contributed by atoms with van der Waals surface area (Å²) in [6.07, 6.45) is 0.406. The first-order chi connectivity index (χ1) is 8.52. The van der Waals surface area contributed by atoms with E-state index in [0.29, 0.717) is 17.8 Å². The van der Waals surface area contributed by atoms with Crippen molar-refractivity contribution in [2.45, 2.75) is 13.3 Å². The van der Waals surface area contributed by atoms with E-state index >= 15 is 0 Å². The van der Waals surface area contributed by atoms with Gasteiger partial charge >= 0.3 is 5.97 Å². The SMILES string of the molecule is CCc1c(C(=O)O)nnn1-c1cc(F)cc(Cl)c1. The molecule has 0 spiro atoms. The summed E-state index contributed by atoms with van der Waals surface area (Å²) in [6.45, 7) is 1.77. The molecule has 18 heavy (non-hydrogen) atoms. The minimum absolute atomic E-state index is 0.141. The van der Waals surface area contributed by atoms with Crippen LogP contribution in [0.5, 0.6) is 0 Å². The highest BCUT2D eigenvalue weighted by Gasteiger charge is 2.18. The van der Waals surface area contributed by atoms with Gasteiger partial charge in [0.1, 0.15) is 5.82 Å². The summed E-state index contributed by atoms with van der Waals surface area (Å²) >= 11 is 5.75. The second-order valence-electron chi connectivity index (χ2n) is 3.58. The van der Waals surface area contributed by atoms with Crippen LogP contribution in [0.4, 0.5) is 4.39 Å². The second-order valence-corrected chi connectivity index (χ2v) is 4.02. The van der Waals surface area contributed by atoms with Crippen LogP contribution in [0.15, 0.2) is 18.2 Å². The average molecular weight is 270 g/mol. The van der Waals surface area contributed by atoms with Crippen molar-refractivity contribution in [1.82, 2.24) is 15.0 Å². The van der Waals surface area contributed by atoms with Crippen LogP contribution in [-0.4, -0.2) is 26.1 Å². The molecule has 0 saturated heterocycles. The largest absolute Gasteiger partial charge is 0.476 e. The lowest BCUT2D eigenvalue weighted by Gasteiger charge is -2.05.